The van der Waals surface area contributed by atoms with E-state index in [-0.39, 0.29) is 38.2 Å². The number of aliphatic hydroxyl groups is 4. The SMILES string of the molecule is [B]C1(CCCCCn2c(=O)c(C)cn([C@H]3C[C@H](O)[C@@H](CO)O3)c2=O)[B]C1([B])CC(O)CO. The van der Waals surface area contributed by atoms with Gasteiger partial charge in [-0.25, -0.2) is 4.79 Å². The van der Waals surface area contributed by atoms with Gasteiger partial charge < -0.3 is 25.2 Å². The van der Waals surface area contributed by atoms with Gasteiger partial charge in [0.05, 0.1) is 41.1 Å². The van der Waals surface area contributed by atoms with E-state index >= 15 is 0 Å². The summed E-state index contributed by atoms with van der Waals surface area (Å²) in [5.41, 5.74) is -0.492. The normalized spacial score (nSPS) is 32.6. The van der Waals surface area contributed by atoms with Crippen molar-refractivity contribution in [3.63, 3.8) is 0 Å². The molecule has 1 aromatic rings. The first-order valence-electron chi connectivity index (χ1n) is 11.1. The zero-order valence-corrected chi connectivity index (χ0v) is 18.4. The highest BCUT2D eigenvalue weighted by atomic mass is 16.5. The van der Waals surface area contributed by atoms with E-state index in [9.17, 15) is 24.9 Å². The van der Waals surface area contributed by atoms with Gasteiger partial charge in [-0.15, -0.1) is 0 Å². The van der Waals surface area contributed by atoms with Crippen molar-refractivity contribution < 1.29 is 25.2 Å². The van der Waals surface area contributed by atoms with Gasteiger partial charge in [0.2, 0.25) is 0 Å². The minimum absolute atomic E-state index is 0.156. The third kappa shape index (κ3) is 5.09. The quantitative estimate of drug-likeness (QED) is 0.243. The number of hydrogen-bond donors (Lipinski definition) is 4. The molecule has 2 fully saturated rings. The van der Waals surface area contributed by atoms with Crippen molar-refractivity contribution in [3.8, 4) is 0 Å². The van der Waals surface area contributed by atoms with Crippen LogP contribution in [0, 0.1) is 6.92 Å². The second-order valence-corrected chi connectivity index (χ2v) is 9.15. The number of nitrogens with zero attached hydrogens (tertiary/aromatic N) is 2. The van der Waals surface area contributed by atoms with Gasteiger partial charge in [0, 0.05) is 24.7 Å². The van der Waals surface area contributed by atoms with E-state index in [1.165, 1.54) is 15.3 Å². The van der Waals surface area contributed by atoms with Crippen LogP contribution in [0.5, 0.6) is 0 Å². The molecule has 2 saturated heterocycles. The maximum atomic E-state index is 12.9. The molecule has 2 aliphatic heterocycles. The monoisotopic (exact) mass is 443 g/mol. The zero-order valence-electron chi connectivity index (χ0n) is 18.4. The number of unbranched alkanes of at least 4 members (excludes halogenated alkanes) is 2. The molecule has 171 valence electrons. The fourth-order valence-electron chi connectivity index (χ4n) is 4.51. The second kappa shape index (κ2) is 9.89. The minimum Gasteiger partial charge on any atom is -0.394 e. The van der Waals surface area contributed by atoms with Crippen LogP contribution in [-0.4, -0.2) is 84.1 Å². The molecule has 0 aliphatic carbocycles. The van der Waals surface area contributed by atoms with Gasteiger partial charge in [-0.05, 0) is 19.8 Å². The summed E-state index contributed by atoms with van der Waals surface area (Å²) in [7, 11) is 14.3. The number of ether oxygens (including phenoxy) is 1. The van der Waals surface area contributed by atoms with Crippen molar-refractivity contribution in [2.45, 2.75) is 87.0 Å². The van der Waals surface area contributed by atoms with Crippen molar-refractivity contribution in [1.82, 2.24) is 9.13 Å². The Kier molecular flexibility index (Phi) is 7.82. The topological polar surface area (TPSA) is 134 Å². The predicted molar refractivity (Wildman–Crippen MR) is 120 cm³/mol. The third-order valence-corrected chi connectivity index (χ3v) is 6.62. The standard InChI is InChI=1S/C20H30B3N2O7/c1-12-9-25(16-7-14(29)15(11-27)32-16)18(31)24(17(12)30)6-4-2-3-5-19(21)20(22,23-19)8-13(28)10-26/h9,13-16,26-29H,2-8,10-11H2,1H3/t13?,14-,15+,16+,19?,20?/m0/s1. The number of rotatable bonds is 11. The Morgan fingerprint density at radius 2 is 1.97 bits per heavy atom. The van der Waals surface area contributed by atoms with E-state index in [0.29, 0.717) is 18.4 Å². The number of aromatic nitrogens is 2. The first kappa shape index (κ1) is 25.3. The number of hydrogen-bond acceptors (Lipinski definition) is 7. The van der Waals surface area contributed by atoms with Crippen LogP contribution in [0.2, 0.25) is 10.4 Å². The summed E-state index contributed by atoms with van der Waals surface area (Å²) in [5.74, 6) is 0. The van der Waals surface area contributed by atoms with E-state index in [2.05, 4.69) is 0 Å². The Morgan fingerprint density at radius 1 is 1.25 bits per heavy atom. The molecule has 0 bridgehead atoms. The smallest absolute Gasteiger partial charge is 0.333 e. The predicted octanol–water partition coefficient (Wildman–Crippen LogP) is -1.45. The van der Waals surface area contributed by atoms with Gasteiger partial charge in [-0.1, -0.05) is 29.7 Å². The lowest BCUT2D eigenvalue weighted by Gasteiger charge is -2.23. The fourth-order valence-corrected chi connectivity index (χ4v) is 4.51. The summed E-state index contributed by atoms with van der Waals surface area (Å²) in [6.07, 6.45) is 1.13. The summed E-state index contributed by atoms with van der Waals surface area (Å²) >= 11 is 0. The zero-order chi connectivity index (χ0) is 23.7. The molecule has 32 heavy (non-hydrogen) atoms. The molecule has 6 atom stereocenters. The number of aryl methyl sites for hydroxylation is 1. The van der Waals surface area contributed by atoms with Gasteiger partial charge in [-0.3, -0.25) is 13.9 Å². The van der Waals surface area contributed by atoms with E-state index in [4.69, 9.17) is 25.5 Å². The van der Waals surface area contributed by atoms with Gasteiger partial charge >= 0.3 is 5.69 Å². The Labute approximate surface area is 190 Å². The Morgan fingerprint density at radius 3 is 2.59 bits per heavy atom. The van der Waals surface area contributed by atoms with Crippen LogP contribution in [0.1, 0.15) is 50.3 Å². The van der Waals surface area contributed by atoms with Crippen LogP contribution in [0.15, 0.2) is 15.8 Å². The lowest BCUT2D eigenvalue weighted by Crippen LogP contribution is -2.42. The average Bonchev–Trinajstić information content (AvgIpc) is 3.07. The van der Waals surface area contributed by atoms with Gasteiger partial charge in [0.1, 0.15) is 19.6 Å². The largest absolute Gasteiger partial charge is 0.394 e. The average molecular weight is 443 g/mol. The molecule has 0 saturated carbocycles. The molecule has 5 radical (unpaired) electrons. The summed E-state index contributed by atoms with van der Waals surface area (Å²) in [6, 6.07) is 0. The van der Waals surface area contributed by atoms with Crippen molar-refractivity contribution in [1.29, 1.82) is 0 Å². The van der Waals surface area contributed by atoms with Crippen LogP contribution in [0.3, 0.4) is 0 Å². The maximum Gasteiger partial charge on any atom is 0.333 e. The molecule has 3 rings (SSSR count). The highest BCUT2D eigenvalue weighted by Crippen LogP contribution is 2.69. The molecule has 3 unspecified atom stereocenters. The Balaban J connectivity index is 1.56. The van der Waals surface area contributed by atoms with Crippen LogP contribution >= 0.6 is 0 Å². The molecule has 4 N–H and O–H groups in total. The van der Waals surface area contributed by atoms with E-state index < -0.39 is 40.7 Å². The van der Waals surface area contributed by atoms with Crippen LogP contribution in [0.4, 0.5) is 0 Å². The van der Waals surface area contributed by atoms with Crippen LogP contribution in [0.25, 0.3) is 0 Å². The number of aliphatic hydroxyl groups excluding tert-OH is 4. The Hall–Kier alpha value is -1.33. The van der Waals surface area contributed by atoms with Gasteiger partial charge in [0.25, 0.3) is 5.56 Å². The van der Waals surface area contributed by atoms with Gasteiger partial charge in [0.15, 0.2) is 0 Å². The van der Waals surface area contributed by atoms with Crippen LogP contribution in [-0.2, 0) is 11.3 Å². The lowest BCUT2D eigenvalue weighted by atomic mass is 9.63. The van der Waals surface area contributed by atoms with Crippen molar-refractivity contribution >= 4 is 23.0 Å². The van der Waals surface area contributed by atoms with Crippen LogP contribution < -0.4 is 11.2 Å². The molecule has 9 nitrogen and oxygen atoms in total. The molecule has 0 aromatic carbocycles. The minimum atomic E-state index is -0.908. The molecule has 12 heteroatoms. The molecular formula is C20H30B3N2O7. The van der Waals surface area contributed by atoms with Crippen molar-refractivity contribution in [2.24, 2.45) is 0 Å². The van der Waals surface area contributed by atoms with Crippen molar-refractivity contribution in [2.75, 3.05) is 13.2 Å². The van der Waals surface area contributed by atoms with E-state index in [1.807, 2.05) is 0 Å². The first-order valence-corrected chi connectivity index (χ1v) is 11.1. The summed E-state index contributed by atoms with van der Waals surface area (Å²) in [6.45, 7) is 1.13. The van der Waals surface area contributed by atoms with E-state index in [0.717, 1.165) is 12.8 Å². The second-order valence-electron chi connectivity index (χ2n) is 9.15. The van der Waals surface area contributed by atoms with E-state index in [1.54, 1.807) is 14.2 Å². The van der Waals surface area contributed by atoms with Gasteiger partial charge in [-0.2, -0.15) is 0 Å². The summed E-state index contributed by atoms with van der Waals surface area (Å²) < 4.78 is 8.04. The highest BCUT2D eigenvalue weighted by Gasteiger charge is 2.59. The highest BCUT2D eigenvalue weighted by molar-refractivity contribution is 6.81. The molecule has 0 spiro atoms. The molecule has 3 heterocycles. The molecular weight excluding hydrogens is 413 g/mol. The summed E-state index contributed by atoms with van der Waals surface area (Å²) in [5, 5.41) is 36.3. The molecule has 2 aliphatic rings. The molecule has 1 aromatic heterocycles. The third-order valence-electron chi connectivity index (χ3n) is 6.62. The Bertz CT molecular complexity index is 925. The fraction of sp³-hybridized carbons (Fsp3) is 0.800. The molecule has 0 amide bonds. The summed E-state index contributed by atoms with van der Waals surface area (Å²) in [4.78, 5) is 25.4. The van der Waals surface area contributed by atoms with Crippen molar-refractivity contribution in [3.05, 3.63) is 32.6 Å². The maximum absolute atomic E-state index is 12.9. The first-order chi connectivity index (χ1) is 15.0. The lowest BCUT2D eigenvalue weighted by molar-refractivity contribution is -0.0464.